The van der Waals surface area contributed by atoms with E-state index >= 15 is 0 Å². The van der Waals surface area contributed by atoms with E-state index in [1.807, 2.05) is 54.6 Å². The normalized spacial score (nSPS) is 12.3. The maximum Gasteiger partial charge on any atom is 0.241 e. The van der Waals surface area contributed by atoms with Crippen LogP contribution in [-0.2, 0) is 23.1 Å². The molecule has 5 heteroatoms. The number of sulfonamides is 1. The third-order valence-electron chi connectivity index (χ3n) is 5.50. The van der Waals surface area contributed by atoms with Crippen LogP contribution in [0.1, 0.15) is 11.1 Å². The highest BCUT2D eigenvalue weighted by molar-refractivity contribution is 7.89. The maximum atomic E-state index is 13.1. The minimum atomic E-state index is -3.67. The fourth-order valence-electron chi connectivity index (χ4n) is 3.99. The molecule has 0 amide bonds. The summed E-state index contributed by atoms with van der Waals surface area (Å²) in [6.07, 6.45) is 0. The van der Waals surface area contributed by atoms with E-state index < -0.39 is 10.0 Å². The van der Waals surface area contributed by atoms with Gasteiger partial charge in [-0.2, -0.15) is 0 Å². The van der Waals surface area contributed by atoms with Gasteiger partial charge in [0.2, 0.25) is 10.0 Å². The standard InChI is InChI=1S/C24H20N2O2S/c25-14-16-4-6-17(7-5-16)15-26-29(27,28)22-13-11-20-9-8-18-2-1-3-19-10-12-21(22)24(20)23(18)19/h1-13,26H,14-15,25H2. The van der Waals surface area contributed by atoms with Crippen molar-refractivity contribution in [3.05, 3.63) is 90.0 Å². The van der Waals surface area contributed by atoms with Gasteiger partial charge < -0.3 is 5.73 Å². The molecule has 0 aliphatic heterocycles. The molecule has 0 unspecified atom stereocenters. The van der Waals surface area contributed by atoms with E-state index in [1.165, 1.54) is 0 Å². The zero-order valence-corrected chi connectivity index (χ0v) is 16.5. The second-order valence-electron chi connectivity index (χ2n) is 7.26. The molecule has 0 atom stereocenters. The Bertz CT molecular complexity index is 1430. The number of benzene rings is 5. The molecule has 144 valence electrons. The highest BCUT2D eigenvalue weighted by atomic mass is 32.2. The van der Waals surface area contributed by atoms with E-state index in [0.29, 0.717) is 11.4 Å². The number of nitrogens with two attached hydrogens (primary N) is 1. The molecule has 3 N–H and O–H groups in total. The molecule has 0 bridgehead atoms. The quantitative estimate of drug-likeness (QED) is 0.426. The first-order chi connectivity index (χ1) is 14.1. The van der Waals surface area contributed by atoms with Crippen LogP contribution in [0, 0.1) is 0 Å². The first-order valence-corrected chi connectivity index (χ1v) is 11.0. The van der Waals surface area contributed by atoms with E-state index in [1.54, 1.807) is 6.07 Å². The van der Waals surface area contributed by atoms with Crippen LogP contribution in [0.25, 0.3) is 32.3 Å². The first-order valence-electron chi connectivity index (χ1n) is 9.51. The van der Waals surface area contributed by atoms with Gasteiger partial charge in [-0.1, -0.05) is 72.8 Å². The average Bonchev–Trinajstić information content (AvgIpc) is 2.76. The van der Waals surface area contributed by atoms with Crippen molar-refractivity contribution in [3.63, 3.8) is 0 Å². The van der Waals surface area contributed by atoms with Crippen LogP contribution in [0.15, 0.2) is 83.8 Å². The Balaban J connectivity index is 1.59. The van der Waals surface area contributed by atoms with Crippen LogP contribution in [0.3, 0.4) is 0 Å². The second-order valence-corrected chi connectivity index (χ2v) is 9.00. The molecule has 0 spiro atoms. The molecule has 0 aliphatic rings. The molecule has 5 aromatic carbocycles. The minimum absolute atomic E-state index is 0.231. The van der Waals surface area contributed by atoms with Gasteiger partial charge in [-0.25, -0.2) is 13.1 Å². The Labute approximate surface area is 169 Å². The number of hydrogen-bond donors (Lipinski definition) is 2. The van der Waals surface area contributed by atoms with E-state index in [0.717, 1.165) is 43.4 Å². The van der Waals surface area contributed by atoms with Crippen molar-refractivity contribution in [1.82, 2.24) is 4.72 Å². The summed E-state index contributed by atoms with van der Waals surface area (Å²) in [7, 11) is -3.67. The summed E-state index contributed by atoms with van der Waals surface area (Å²) in [5, 5.41) is 6.12. The molecule has 4 nitrogen and oxygen atoms in total. The summed E-state index contributed by atoms with van der Waals surface area (Å²) < 4.78 is 29.0. The fourth-order valence-corrected chi connectivity index (χ4v) is 5.21. The van der Waals surface area contributed by atoms with Crippen molar-refractivity contribution in [1.29, 1.82) is 0 Å². The van der Waals surface area contributed by atoms with Gasteiger partial charge in [0.1, 0.15) is 0 Å². The Morgan fingerprint density at radius 3 is 1.97 bits per heavy atom. The minimum Gasteiger partial charge on any atom is -0.326 e. The van der Waals surface area contributed by atoms with Crippen molar-refractivity contribution in [3.8, 4) is 0 Å². The van der Waals surface area contributed by atoms with Crippen LogP contribution in [0.2, 0.25) is 0 Å². The molecular weight excluding hydrogens is 380 g/mol. The van der Waals surface area contributed by atoms with Crippen molar-refractivity contribution < 1.29 is 8.42 Å². The number of hydrogen-bond acceptors (Lipinski definition) is 3. The summed E-state index contributed by atoms with van der Waals surface area (Å²) in [4.78, 5) is 0.307. The largest absolute Gasteiger partial charge is 0.326 e. The maximum absolute atomic E-state index is 13.1. The van der Waals surface area contributed by atoms with Crippen molar-refractivity contribution in [2.24, 2.45) is 5.73 Å². The zero-order valence-electron chi connectivity index (χ0n) is 15.7. The second kappa shape index (κ2) is 6.81. The Hall–Kier alpha value is -2.99. The SMILES string of the molecule is NCc1ccc(CNS(=O)(=O)c2ccc3ccc4cccc5ccc2c3c45)cc1. The van der Waals surface area contributed by atoms with Gasteiger partial charge in [0, 0.05) is 18.5 Å². The Morgan fingerprint density at radius 2 is 1.28 bits per heavy atom. The lowest BCUT2D eigenvalue weighted by atomic mass is 9.94. The van der Waals surface area contributed by atoms with Crippen molar-refractivity contribution in [2.75, 3.05) is 0 Å². The summed E-state index contributed by atoms with van der Waals surface area (Å²) in [6, 6.07) is 25.4. The lowest BCUT2D eigenvalue weighted by molar-refractivity contribution is 0.582. The molecule has 0 fully saturated rings. The van der Waals surface area contributed by atoms with Crippen molar-refractivity contribution in [2.45, 2.75) is 18.0 Å². The zero-order chi connectivity index (χ0) is 20.0. The van der Waals surface area contributed by atoms with Crippen LogP contribution in [0.5, 0.6) is 0 Å². The smallest absolute Gasteiger partial charge is 0.241 e. The first kappa shape index (κ1) is 18.1. The molecule has 0 saturated carbocycles. The Kier molecular flexibility index (Phi) is 4.24. The topological polar surface area (TPSA) is 72.2 Å². The monoisotopic (exact) mass is 400 g/mol. The van der Waals surface area contributed by atoms with Crippen molar-refractivity contribution >= 4 is 42.3 Å². The van der Waals surface area contributed by atoms with Crippen LogP contribution in [0.4, 0.5) is 0 Å². The van der Waals surface area contributed by atoms with Gasteiger partial charge in [-0.05, 0) is 44.1 Å². The lowest BCUT2D eigenvalue weighted by Gasteiger charge is -2.14. The molecule has 0 heterocycles. The predicted octanol–water partition coefficient (Wildman–Crippen LogP) is 4.52. The molecule has 5 aromatic rings. The molecule has 0 saturated heterocycles. The molecule has 0 aliphatic carbocycles. The third kappa shape index (κ3) is 3.04. The van der Waals surface area contributed by atoms with E-state index in [2.05, 4.69) is 22.9 Å². The summed E-state index contributed by atoms with van der Waals surface area (Å²) in [5.41, 5.74) is 7.53. The average molecular weight is 401 g/mol. The van der Waals surface area contributed by atoms with Gasteiger partial charge in [0.15, 0.2) is 0 Å². The third-order valence-corrected chi connectivity index (χ3v) is 6.96. The molecule has 5 rings (SSSR count). The van der Waals surface area contributed by atoms with Gasteiger partial charge >= 0.3 is 0 Å². The molecule has 0 radical (unpaired) electrons. The van der Waals surface area contributed by atoms with Crippen LogP contribution < -0.4 is 10.5 Å². The van der Waals surface area contributed by atoms with Crippen LogP contribution in [-0.4, -0.2) is 8.42 Å². The van der Waals surface area contributed by atoms with Gasteiger partial charge in [0.25, 0.3) is 0 Å². The molecule has 29 heavy (non-hydrogen) atoms. The predicted molar refractivity (Wildman–Crippen MR) is 119 cm³/mol. The van der Waals surface area contributed by atoms with E-state index in [-0.39, 0.29) is 6.54 Å². The summed E-state index contributed by atoms with van der Waals surface area (Å²) in [6.45, 7) is 0.698. The summed E-state index contributed by atoms with van der Waals surface area (Å²) >= 11 is 0. The highest BCUT2D eigenvalue weighted by Crippen LogP contribution is 2.37. The fraction of sp³-hybridized carbons (Fsp3) is 0.0833. The highest BCUT2D eigenvalue weighted by Gasteiger charge is 2.19. The molecule has 0 aromatic heterocycles. The molecular formula is C24H20N2O2S. The van der Waals surface area contributed by atoms with E-state index in [4.69, 9.17) is 5.73 Å². The summed E-state index contributed by atoms with van der Waals surface area (Å²) in [5.74, 6) is 0. The Morgan fingerprint density at radius 1 is 0.690 bits per heavy atom. The number of nitrogens with one attached hydrogen (secondary N) is 1. The van der Waals surface area contributed by atoms with Gasteiger partial charge in [-0.3, -0.25) is 0 Å². The van der Waals surface area contributed by atoms with E-state index in [9.17, 15) is 8.42 Å². The number of rotatable bonds is 5. The van der Waals surface area contributed by atoms with Gasteiger partial charge in [0.05, 0.1) is 4.90 Å². The lowest BCUT2D eigenvalue weighted by Crippen LogP contribution is -2.23. The van der Waals surface area contributed by atoms with Crippen LogP contribution >= 0.6 is 0 Å². The van der Waals surface area contributed by atoms with Gasteiger partial charge in [-0.15, -0.1) is 0 Å².